The van der Waals surface area contributed by atoms with E-state index in [2.05, 4.69) is 9.97 Å². The molecule has 0 aliphatic carbocycles. The van der Waals surface area contributed by atoms with Gasteiger partial charge in [0.2, 0.25) is 0 Å². The van der Waals surface area contributed by atoms with Crippen LogP contribution in [0.2, 0.25) is 0 Å². The van der Waals surface area contributed by atoms with E-state index < -0.39 is 17.8 Å². The highest BCUT2D eigenvalue weighted by Gasteiger charge is 2.34. The molecule has 0 aromatic carbocycles. The number of alkyl halides is 3. The summed E-state index contributed by atoms with van der Waals surface area (Å²) in [7, 11) is 0. The quantitative estimate of drug-likeness (QED) is 0.773. The van der Waals surface area contributed by atoms with E-state index in [1.54, 1.807) is 6.92 Å². The first kappa shape index (κ1) is 12.3. The SMILES string of the molecule is CCOC(=O)c1cn2cc(C(F)(F)F)nc2cn1. The Morgan fingerprint density at radius 2 is 2.17 bits per heavy atom. The number of aromatic nitrogens is 3. The Hall–Kier alpha value is -2.12. The monoisotopic (exact) mass is 259 g/mol. The van der Waals surface area contributed by atoms with Crippen molar-refractivity contribution in [1.82, 2.24) is 14.4 Å². The Kier molecular flexibility index (Phi) is 2.93. The molecule has 0 saturated heterocycles. The van der Waals surface area contributed by atoms with Gasteiger partial charge >= 0.3 is 12.1 Å². The van der Waals surface area contributed by atoms with Crippen LogP contribution >= 0.6 is 0 Å². The lowest BCUT2D eigenvalue weighted by Crippen LogP contribution is -2.08. The van der Waals surface area contributed by atoms with E-state index in [0.717, 1.165) is 23.0 Å². The molecule has 0 bridgehead atoms. The molecule has 8 heteroatoms. The minimum absolute atomic E-state index is 0.00961. The van der Waals surface area contributed by atoms with Crippen LogP contribution in [0.1, 0.15) is 23.1 Å². The zero-order valence-electron chi connectivity index (χ0n) is 9.23. The van der Waals surface area contributed by atoms with E-state index in [1.165, 1.54) is 0 Å². The van der Waals surface area contributed by atoms with E-state index in [-0.39, 0.29) is 17.9 Å². The highest BCUT2D eigenvalue weighted by molar-refractivity contribution is 5.87. The highest BCUT2D eigenvalue weighted by Crippen LogP contribution is 2.28. The first-order chi connectivity index (χ1) is 8.41. The molecule has 0 aliphatic heterocycles. The second-order valence-corrected chi connectivity index (χ2v) is 3.38. The van der Waals surface area contributed by atoms with E-state index >= 15 is 0 Å². The van der Waals surface area contributed by atoms with E-state index in [0.29, 0.717) is 0 Å². The molecule has 2 aromatic rings. The molecular formula is C10H8F3N3O2. The third-order valence-corrected chi connectivity index (χ3v) is 2.12. The molecule has 0 amide bonds. The van der Waals surface area contributed by atoms with Crippen molar-refractivity contribution in [2.75, 3.05) is 6.61 Å². The van der Waals surface area contributed by atoms with Crippen LogP contribution in [0.5, 0.6) is 0 Å². The van der Waals surface area contributed by atoms with Gasteiger partial charge in [-0.05, 0) is 6.92 Å². The summed E-state index contributed by atoms with van der Waals surface area (Å²) in [5.41, 5.74) is -1.10. The van der Waals surface area contributed by atoms with Gasteiger partial charge in [0.1, 0.15) is 0 Å². The van der Waals surface area contributed by atoms with Gasteiger partial charge in [-0.15, -0.1) is 0 Å². The Bertz CT molecular complexity index is 592. The zero-order valence-corrected chi connectivity index (χ0v) is 9.23. The topological polar surface area (TPSA) is 56.5 Å². The van der Waals surface area contributed by atoms with Gasteiger partial charge in [-0.25, -0.2) is 14.8 Å². The summed E-state index contributed by atoms with van der Waals surface area (Å²) >= 11 is 0. The maximum atomic E-state index is 12.4. The van der Waals surface area contributed by atoms with Crippen LogP contribution in [0.4, 0.5) is 13.2 Å². The molecule has 0 saturated carbocycles. The maximum Gasteiger partial charge on any atom is 0.434 e. The number of halogens is 3. The van der Waals surface area contributed by atoms with Crippen LogP contribution in [0.25, 0.3) is 5.65 Å². The predicted molar refractivity (Wildman–Crippen MR) is 53.9 cm³/mol. The molecule has 0 N–H and O–H groups in total. The molecule has 5 nitrogen and oxygen atoms in total. The fraction of sp³-hybridized carbons (Fsp3) is 0.300. The fourth-order valence-electron chi connectivity index (χ4n) is 1.35. The number of imidazole rings is 1. The smallest absolute Gasteiger partial charge is 0.434 e. The van der Waals surface area contributed by atoms with Gasteiger partial charge in [0, 0.05) is 12.4 Å². The van der Waals surface area contributed by atoms with Crippen LogP contribution in [0, 0.1) is 0 Å². The molecule has 0 atom stereocenters. The van der Waals surface area contributed by atoms with Crippen LogP contribution in [0.3, 0.4) is 0 Å². The third-order valence-electron chi connectivity index (χ3n) is 2.12. The van der Waals surface area contributed by atoms with Gasteiger partial charge in [0.25, 0.3) is 0 Å². The standard InChI is InChI=1S/C10H8F3N3O2/c1-2-18-9(17)6-4-16-5-7(10(11,12)13)15-8(16)3-14-6/h3-5H,2H2,1H3. The highest BCUT2D eigenvalue weighted by atomic mass is 19.4. The van der Waals surface area contributed by atoms with Crippen molar-refractivity contribution in [3.05, 3.63) is 30.0 Å². The molecule has 0 radical (unpaired) electrons. The largest absolute Gasteiger partial charge is 0.461 e. The van der Waals surface area contributed by atoms with E-state index in [1.807, 2.05) is 0 Å². The van der Waals surface area contributed by atoms with Crippen molar-refractivity contribution >= 4 is 11.6 Å². The van der Waals surface area contributed by atoms with Crippen LogP contribution in [-0.2, 0) is 10.9 Å². The first-order valence-electron chi connectivity index (χ1n) is 5.01. The Morgan fingerprint density at radius 3 is 2.78 bits per heavy atom. The van der Waals surface area contributed by atoms with Gasteiger partial charge < -0.3 is 9.14 Å². The molecule has 0 spiro atoms. The number of nitrogens with zero attached hydrogens (tertiary/aromatic N) is 3. The van der Waals surface area contributed by atoms with Gasteiger partial charge in [-0.1, -0.05) is 0 Å². The average Bonchev–Trinajstić information content (AvgIpc) is 2.71. The van der Waals surface area contributed by atoms with E-state index in [4.69, 9.17) is 4.74 Å². The third kappa shape index (κ3) is 2.27. The molecule has 18 heavy (non-hydrogen) atoms. The Balaban J connectivity index is 2.43. The molecule has 96 valence electrons. The second kappa shape index (κ2) is 4.28. The molecule has 0 unspecified atom stereocenters. The average molecular weight is 259 g/mol. The van der Waals surface area contributed by atoms with Crippen molar-refractivity contribution in [2.24, 2.45) is 0 Å². The summed E-state index contributed by atoms with van der Waals surface area (Å²) in [5.74, 6) is -0.693. The number of hydrogen-bond acceptors (Lipinski definition) is 4. The van der Waals surface area contributed by atoms with Gasteiger partial charge in [0.05, 0.1) is 12.8 Å². The molecular weight excluding hydrogens is 251 g/mol. The lowest BCUT2D eigenvalue weighted by atomic mass is 10.4. The van der Waals surface area contributed by atoms with Gasteiger partial charge in [-0.3, -0.25) is 0 Å². The minimum Gasteiger partial charge on any atom is -0.461 e. The normalized spacial score (nSPS) is 11.8. The number of hydrogen-bond donors (Lipinski definition) is 0. The molecule has 2 aromatic heterocycles. The number of carbonyl (C=O) groups is 1. The van der Waals surface area contributed by atoms with E-state index in [9.17, 15) is 18.0 Å². The predicted octanol–water partition coefficient (Wildman–Crippen LogP) is 1.92. The van der Waals surface area contributed by atoms with Gasteiger partial charge in [-0.2, -0.15) is 13.2 Å². The zero-order chi connectivity index (χ0) is 13.3. The number of ether oxygens (including phenoxy) is 1. The van der Waals surface area contributed by atoms with Crippen molar-refractivity contribution in [3.8, 4) is 0 Å². The summed E-state index contributed by atoms with van der Waals surface area (Å²) in [6, 6.07) is 0. The Labute approximate surface area is 99.2 Å². The molecule has 0 fully saturated rings. The number of carbonyl (C=O) groups excluding carboxylic acids is 1. The molecule has 2 rings (SSSR count). The van der Waals surface area contributed by atoms with Crippen molar-refractivity contribution in [3.63, 3.8) is 0 Å². The first-order valence-corrected chi connectivity index (χ1v) is 5.01. The minimum atomic E-state index is -4.53. The second-order valence-electron chi connectivity index (χ2n) is 3.38. The van der Waals surface area contributed by atoms with Crippen molar-refractivity contribution in [1.29, 1.82) is 0 Å². The van der Waals surface area contributed by atoms with Crippen LogP contribution < -0.4 is 0 Å². The molecule has 2 heterocycles. The summed E-state index contributed by atoms with van der Waals surface area (Å²) in [5, 5.41) is 0. The van der Waals surface area contributed by atoms with Crippen molar-refractivity contribution < 1.29 is 22.7 Å². The number of rotatable bonds is 2. The summed E-state index contributed by atoms with van der Waals surface area (Å²) < 4.78 is 43.0. The summed E-state index contributed by atoms with van der Waals surface area (Å²) in [6.45, 7) is 1.78. The van der Waals surface area contributed by atoms with Crippen LogP contribution in [-0.4, -0.2) is 26.9 Å². The van der Waals surface area contributed by atoms with Gasteiger partial charge in [0.15, 0.2) is 17.0 Å². The lowest BCUT2D eigenvalue weighted by molar-refractivity contribution is -0.140. The fourth-order valence-corrected chi connectivity index (χ4v) is 1.35. The Morgan fingerprint density at radius 1 is 1.44 bits per heavy atom. The number of fused-ring (bicyclic) bond motifs is 1. The summed E-state index contributed by atoms with van der Waals surface area (Å²) in [6.07, 6.45) is -1.51. The summed E-state index contributed by atoms with van der Waals surface area (Å²) in [4.78, 5) is 18.4. The lowest BCUT2D eigenvalue weighted by Gasteiger charge is -2.00. The van der Waals surface area contributed by atoms with Crippen molar-refractivity contribution in [2.45, 2.75) is 13.1 Å². The molecule has 0 aliphatic rings. The van der Waals surface area contributed by atoms with Crippen LogP contribution in [0.15, 0.2) is 18.6 Å². The number of esters is 1. The maximum absolute atomic E-state index is 12.4.